The van der Waals surface area contributed by atoms with Crippen molar-refractivity contribution in [3.63, 3.8) is 0 Å². The normalized spacial score (nSPS) is 14.9. The van der Waals surface area contributed by atoms with E-state index in [2.05, 4.69) is 31.7 Å². The molecule has 0 spiro atoms. The first-order chi connectivity index (χ1) is 17.2. The van der Waals surface area contributed by atoms with Crippen LogP contribution in [0.1, 0.15) is 33.0 Å². The van der Waals surface area contributed by atoms with Crippen LogP contribution in [-0.4, -0.2) is 62.0 Å². The van der Waals surface area contributed by atoms with Crippen LogP contribution in [0.4, 0.5) is 0 Å². The highest BCUT2D eigenvalue weighted by Crippen LogP contribution is 2.25. The number of rotatable bonds is 10. The van der Waals surface area contributed by atoms with E-state index in [1.165, 1.54) is 16.9 Å². The predicted molar refractivity (Wildman–Crippen MR) is 143 cm³/mol. The Morgan fingerprint density at radius 2 is 1.78 bits per heavy atom. The molecule has 0 bridgehead atoms. The summed E-state index contributed by atoms with van der Waals surface area (Å²) in [6, 6.07) is 11.2. The summed E-state index contributed by atoms with van der Waals surface area (Å²) in [7, 11) is -3.67. The third-order valence-corrected chi connectivity index (χ3v) is 9.21. The molecule has 7 nitrogen and oxygen atoms in total. The molecule has 9 heteroatoms. The second kappa shape index (κ2) is 11.8. The molecule has 0 unspecified atom stereocenters. The molecule has 1 fully saturated rings. The van der Waals surface area contributed by atoms with Crippen LogP contribution in [0.15, 0.2) is 46.7 Å². The van der Waals surface area contributed by atoms with E-state index in [4.69, 9.17) is 14.5 Å². The van der Waals surface area contributed by atoms with Crippen molar-refractivity contribution in [3.05, 3.63) is 74.7 Å². The fourth-order valence-corrected chi connectivity index (χ4v) is 6.28. The summed E-state index contributed by atoms with van der Waals surface area (Å²) in [5.74, 6) is 0.860. The Balaban J connectivity index is 1.48. The highest BCUT2D eigenvalue weighted by Gasteiger charge is 2.26. The summed E-state index contributed by atoms with van der Waals surface area (Å²) in [5, 5.41) is 2.75. The van der Waals surface area contributed by atoms with Crippen LogP contribution >= 0.6 is 11.3 Å². The second-order valence-corrected chi connectivity index (χ2v) is 12.2. The van der Waals surface area contributed by atoms with Crippen molar-refractivity contribution >= 4 is 21.4 Å². The molecule has 2 heterocycles. The molecule has 0 N–H and O–H groups in total. The number of benzene rings is 2. The minimum absolute atomic E-state index is 0.222. The number of nitrogens with zero attached hydrogens (tertiary/aromatic N) is 3. The molecule has 1 aromatic heterocycles. The standard InChI is InChI=1S/C27H35N3O4S2/c1-20-5-7-25(8-6-20)36(31,32)30(10-9-29-11-13-33-14-12-29)17-24-19-35-27(28-24)18-34-26-16-21(2)15-22(3)23(26)4/h5-8,15-16,19H,9-14,17-18H2,1-4H3. The van der Waals surface area contributed by atoms with Gasteiger partial charge in [-0.1, -0.05) is 23.8 Å². The van der Waals surface area contributed by atoms with Crippen LogP contribution in [0, 0.1) is 27.7 Å². The molecule has 4 rings (SSSR count). The van der Waals surface area contributed by atoms with Gasteiger partial charge in [0, 0.05) is 31.6 Å². The number of morpholine rings is 1. The molecule has 36 heavy (non-hydrogen) atoms. The van der Waals surface area contributed by atoms with E-state index in [1.807, 2.05) is 30.5 Å². The highest BCUT2D eigenvalue weighted by molar-refractivity contribution is 7.89. The molecular formula is C27H35N3O4S2. The van der Waals surface area contributed by atoms with Crippen LogP contribution in [0.3, 0.4) is 0 Å². The van der Waals surface area contributed by atoms with Gasteiger partial charge in [-0.15, -0.1) is 11.3 Å². The van der Waals surface area contributed by atoms with Gasteiger partial charge in [0.2, 0.25) is 10.0 Å². The summed E-state index contributed by atoms with van der Waals surface area (Å²) in [6.07, 6.45) is 0. The molecule has 1 aliphatic heterocycles. The zero-order valence-corrected chi connectivity index (χ0v) is 23.1. The minimum atomic E-state index is -3.67. The van der Waals surface area contributed by atoms with E-state index in [1.54, 1.807) is 16.4 Å². The number of aryl methyl sites for hydroxylation is 3. The van der Waals surface area contributed by atoms with E-state index >= 15 is 0 Å². The molecule has 0 aliphatic carbocycles. The lowest BCUT2D eigenvalue weighted by molar-refractivity contribution is 0.0361. The third-order valence-electron chi connectivity index (χ3n) is 6.48. The van der Waals surface area contributed by atoms with Crippen molar-refractivity contribution in [2.75, 3.05) is 39.4 Å². The van der Waals surface area contributed by atoms with Crippen LogP contribution in [0.2, 0.25) is 0 Å². The number of hydrogen-bond donors (Lipinski definition) is 0. The van der Waals surface area contributed by atoms with Crippen LogP contribution in [0.25, 0.3) is 0 Å². The van der Waals surface area contributed by atoms with E-state index in [-0.39, 0.29) is 6.54 Å². The van der Waals surface area contributed by atoms with Gasteiger partial charge in [0.15, 0.2) is 0 Å². The van der Waals surface area contributed by atoms with Crippen LogP contribution < -0.4 is 4.74 Å². The number of thiazole rings is 1. The average Bonchev–Trinajstić information content (AvgIpc) is 3.31. The van der Waals surface area contributed by atoms with E-state index in [0.717, 1.165) is 46.2 Å². The maximum atomic E-state index is 13.6. The summed E-state index contributed by atoms with van der Waals surface area (Å²) >= 11 is 1.50. The molecule has 0 saturated carbocycles. The number of ether oxygens (including phenoxy) is 2. The van der Waals surface area contributed by atoms with Gasteiger partial charge in [-0.25, -0.2) is 13.4 Å². The van der Waals surface area contributed by atoms with Gasteiger partial charge in [-0.05, 0) is 62.6 Å². The monoisotopic (exact) mass is 529 g/mol. The van der Waals surface area contributed by atoms with Gasteiger partial charge in [0.25, 0.3) is 0 Å². The average molecular weight is 530 g/mol. The van der Waals surface area contributed by atoms with Gasteiger partial charge in [0.05, 0.1) is 30.3 Å². The smallest absolute Gasteiger partial charge is 0.243 e. The topological polar surface area (TPSA) is 72.0 Å². The van der Waals surface area contributed by atoms with Crippen molar-refractivity contribution in [2.24, 2.45) is 0 Å². The molecule has 3 aromatic rings. The number of aromatic nitrogens is 1. The van der Waals surface area contributed by atoms with Crippen molar-refractivity contribution in [2.45, 2.75) is 45.7 Å². The van der Waals surface area contributed by atoms with Crippen molar-refractivity contribution < 1.29 is 17.9 Å². The first-order valence-corrected chi connectivity index (χ1v) is 14.5. The van der Waals surface area contributed by atoms with E-state index in [0.29, 0.717) is 37.8 Å². The maximum absolute atomic E-state index is 13.6. The lowest BCUT2D eigenvalue weighted by Crippen LogP contribution is -2.42. The van der Waals surface area contributed by atoms with Gasteiger partial charge < -0.3 is 9.47 Å². The third kappa shape index (κ3) is 6.72. The largest absolute Gasteiger partial charge is 0.486 e. The Kier molecular flexibility index (Phi) is 8.79. The Morgan fingerprint density at radius 3 is 2.50 bits per heavy atom. The SMILES string of the molecule is Cc1ccc(S(=O)(=O)N(CCN2CCOCC2)Cc2csc(COc3cc(C)cc(C)c3C)n2)cc1. The quantitative estimate of drug-likeness (QED) is 0.386. The summed E-state index contributed by atoms with van der Waals surface area (Å²) in [5.41, 5.74) is 5.23. The first kappa shape index (κ1) is 26.8. The van der Waals surface area contributed by atoms with Crippen LogP contribution in [-0.2, 0) is 27.9 Å². The zero-order chi connectivity index (χ0) is 25.7. The molecule has 194 valence electrons. The zero-order valence-electron chi connectivity index (χ0n) is 21.5. The van der Waals surface area contributed by atoms with E-state index < -0.39 is 10.0 Å². The molecule has 0 atom stereocenters. The Hall–Kier alpha value is -2.30. The number of hydrogen-bond acceptors (Lipinski definition) is 7. The fraction of sp³-hybridized carbons (Fsp3) is 0.444. The van der Waals surface area contributed by atoms with Crippen molar-refractivity contribution in [1.29, 1.82) is 0 Å². The maximum Gasteiger partial charge on any atom is 0.243 e. The van der Waals surface area contributed by atoms with Crippen molar-refractivity contribution in [1.82, 2.24) is 14.2 Å². The Bertz CT molecular complexity index is 1270. The predicted octanol–water partition coefficient (Wildman–Crippen LogP) is 4.48. The Morgan fingerprint density at radius 1 is 1.06 bits per heavy atom. The van der Waals surface area contributed by atoms with Gasteiger partial charge in [-0.3, -0.25) is 4.90 Å². The van der Waals surface area contributed by atoms with Gasteiger partial charge in [0.1, 0.15) is 17.4 Å². The molecular weight excluding hydrogens is 494 g/mol. The summed E-state index contributed by atoms with van der Waals surface area (Å²) in [6.45, 7) is 12.7. The first-order valence-electron chi connectivity index (χ1n) is 12.2. The highest BCUT2D eigenvalue weighted by atomic mass is 32.2. The number of sulfonamides is 1. The van der Waals surface area contributed by atoms with Crippen LogP contribution in [0.5, 0.6) is 5.75 Å². The van der Waals surface area contributed by atoms with Gasteiger partial charge in [-0.2, -0.15) is 4.31 Å². The summed E-state index contributed by atoms with van der Waals surface area (Å²) in [4.78, 5) is 7.26. The molecule has 0 radical (unpaired) electrons. The van der Waals surface area contributed by atoms with Gasteiger partial charge >= 0.3 is 0 Å². The van der Waals surface area contributed by atoms with E-state index in [9.17, 15) is 8.42 Å². The second-order valence-electron chi connectivity index (χ2n) is 9.33. The Labute approximate surface area is 218 Å². The fourth-order valence-electron chi connectivity index (χ4n) is 4.18. The summed E-state index contributed by atoms with van der Waals surface area (Å²) < 4.78 is 40.2. The lowest BCUT2D eigenvalue weighted by Gasteiger charge is -2.29. The van der Waals surface area contributed by atoms with Crippen molar-refractivity contribution in [3.8, 4) is 5.75 Å². The molecule has 1 saturated heterocycles. The minimum Gasteiger partial charge on any atom is -0.486 e. The molecule has 0 amide bonds. The lowest BCUT2D eigenvalue weighted by atomic mass is 10.1. The molecule has 2 aromatic carbocycles. The molecule has 1 aliphatic rings.